The summed E-state index contributed by atoms with van der Waals surface area (Å²) in [6.07, 6.45) is 2.35. The second kappa shape index (κ2) is 10.6. The van der Waals surface area contributed by atoms with E-state index in [1.54, 1.807) is 0 Å². The smallest absolute Gasteiger partial charge is 0.340 e. The van der Waals surface area contributed by atoms with Crippen molar-refractivity contribution in [2.75, 3.05) is 23.3 Å². The fourth-order valence-electron chi connectivity index (χ4n) is 6.84. The number of para-hydroxylation sites is 1. The van der Waals surface area contributed by atoms with Crippen molar-refractivity contribution in [3.8, 4) is 11.5 Å². The Labute approximate surface area is 266 Å². The molecule has 3 aliphatic rings. The van der Waals surface area contributed by atoms with Gasteiger partial charge in [0, 0.05) is 57.3 Å². The minimum absolute atomic E-state index is 0.268. The van der Waals surface area contributed by atoms with E-state index in [0.717, 1.165) is 52.3 Å². The van der Waals surface area contributed by atoms with Crippen molar-refractivity contribution in [1.29, 1.82) is 0 Å². The quantitative estimate of drug-likeness (QED) is 0.199. The molecule has 1 saturated heterocycles. The van der Waals surface area contributed by atoms with Crippen molar-refractivity contribution in [2.24, 2.45) is 0 Å². The molecule has 5 nitrogen and oxygen atoms in total. The monoisotopic (exact) mass is 618 g/mol. The third-order valence-corrected chi connectivity index (χ3v) is 9.39. The van der Waals surface area contributed by atoms with Crippen molar-refractivity contribution >= 4 is 40.5 Å². The fraction of sp³-hybridized carbons (Fsp3) is 0.162. The zero-order chi connectivity index (χ0) is 29.8. The zero-order valence-corrected chi connectivity index (χ0v) is 25.2. The number of halogens is 2. The molecule has 1 spiro atoms. The van der Waals surface area contributed by atoms with Crippen LogP contribution in [0.5, 0.6) is 11.5 Å². The number of esters is 1. The third-order valence-electron chi connectivity index (χ3n) is 8.89. The van der Waals surface area contributed by atoms with E-state index in [1.165, 1.54) is 12.8 Å². The van der Waals surface area contributed by atoms with Crippen LogP contribution in [-0.4, -0.2) is 19.1 Å². The predicted octanol–water partition coefficient (Wildman–Crippen LogP) is 9.36. The highest BCUT2D eigenvalue weighted by molar-refractivity contribution is 6.30. The van der Waals surface area contributed by atoms with Crippen molar-refractivity contribution < 1.29 is 14.3 Å². The van der Waals surface area contributed by atoms with Crippen molar-refractivity contribution in [1.82, 2.24) is 0 Å². The van der Waals surface area contributed by atoms with Crippen LogP contribution in [0.2, 0.25) is 10.0 Å². The van der Waals surface area contributed by atoms with E-state index in [-0.39, 0.29) is 12.0 Å². The van der Waals surface area contributed by atoms with Gasteiger partial charge in [-0.15, -0.1) is 0 Å². The number of anilines is 2. The molecule has 218 valence electrons. The summed E-state index contributed by atoms with van der Waals surface area (Å²) in [4.78, 5) is 16.1. The Morgan fingerprint density at radius 3 is 2.09 bits per heavy atom. The predicted molar refractivity (Wildman–Crippen MR) is 175 cm³/mol. The van der Waals surface area contributed by atoms with E-state index in [2.05, 4.69) is 28.4 Å². The summed E-state index contributed by atoms with van der Waals surface area (Å²) >= 11 is 12.6. The van der Waals surface area contributed by atoms with Gasteiger partial charge in [-0.05, 0) is 78.6 Å². The largest absolute Gasteiger partial charge is 0.456 e. The molecule has 1 fully saturated rings. The molecule has 0 aliphatic carbocycles. The molecule has 8 rings (SSSR count). The third kappa shape index (κ3) is 4.34. The number of carbonyl (C=O) groups excluding carboxylic acids is 1. The highest BCUT2D eigenvalue weighted by Crippen LogP contribution is 2.58. The van der Waals surface area contributed by atoms with Gasteiger partial charge >= 0.3 is 5.97 Å². The van der Waals surface area contributed by atoms with Gasteiger partial charge in [0.2, 0.25) is 0 Å². The molecule has 0 saturated carbocycles. The lowest BCUT2D eigenvalue weighted by atomic mass is 9.76. The van der Waals surface area contributed by atoms with Crippen LogP contribution < -0.4 is 15.0 Å². The Morgan fingerprint density at radius 2 is 1.39 bits per heavy atom. The Morgan fingerprint density at radius 1 is 0.727 bits per heavy atom. The van der Waals surface area contributed by atoms with Gasteiger partial charge in [-0.2, -0.15) is 0 Å². The first kappa shape index (κ1) is 27.1. The molecule has 0 amide bonds. The molecular formula is C37H28Cl2N2O3. The molecule has 0 bridgehead atoms. The second-order valence-corrected chi connectivity index (χ2v) is 12.3. The normalized spacial score (nSPS) is 18.1. The number of hydrogen-bond donors (Lipinski definition) is 1. The minimum atomic E-state index is -1.20. The van der Waals surface area contributed by atoms with Gasteiger partial charge in [-0.1, -0.05) is 71.7 Å². The lowest BCUT2D eigenvalue weighted by molar-refractivity contribution is 0.0226. The highest BCUT2D eigenvalue weighted by atomic mass is 35.5. The molecule has 44 heavy (non-hydrogen) atoms. The minimum Gasteiger partial charge on any atom is -0.456 e. The Hall–Kier alpha value is -4.45. The Kier molecular flexibility index (Phi) is 6.55. The Balaban J connectivity index is 1.32. The van der Waals surface area contributed by atoms with Crippen LogP contribution in [0.15, 0.2) is 109 Å². The van der Waals surface area contributed by atoms with E-state index >= 15 is 0 Å². The summed E-state index contributed by atoms with van der Waals surface area (Å²) in [6.45, 7) is 2.03. The lowest BCUT2D eigenvalue weighted by Crippen LogP contribution is -2.34. The molecular weight excluding hydrogens is 591 g/mol. The van der Waals surface area contributed by atoms with E-state index in [9.17, 15) is 4.79 Å². The molecule has 3 heterocycles. The summed E-state index contributed by atoms with van der Waals surface area (Å²) in [5, 5.41) is 5.11. The second-order valence-electron chi connectivity index (χ2n) is 11.5. The number of nitrogens with one attached hydrogen (secondary N) is 1. The summed E-state index contributed by atoms with van der Waals surface area (Å²) in [7, 11) is 0. The number of benzene rings is 5. The maximum Gasteiger partial charge on any atom is 0.340 e. The summed E-state index contributed by atoms with van der Waals surface area (Å²) < 4.78 is 13.1. The summed E-state index contributed by atoms with van der Waals surface area (Å²) in [6, 6.07) is 35.1. The van der Waals surface area contributed by atoms with Gasteiger partial charge in [0.25, 0.3) is 0 Å². The first-order valence-corrected chi connectivity index (χ1v) is 15.6. The van der Waals surface area contributed by atoms with Crippen molar-refractivity contribution in [3.63, 3.8) is 0 Å². The van der Waals surface area contributed by atoms with Gasteiger partial charge < -0.3 is 19.7 Å². The van der Waals surface area contributed by atoms with E-state index < -0.39 is 5.60 Å². The van der Waals surface area contributed by atoms with Crippen LogP contribution in [0.1, 0.15) is 57.1 Å². The summed E-state index contributed by atoms with van der Waals surface area (Å²) in [5.74, 6) is 0.987. The van der Waals surface area contributed by atoms with Crippen LogP contribution in [0.4, 0.5) is 11.4 Å². The number of fused-ring (bicyclic) bond motifs is 6. The van der Waals surface area contributed by atoms with Crippen LogP contribution in [-0.2, 0) is 10.3 Å². The maximum absolute atomic E-state index is 13.8. The molecule has 1 unspecified atom stereocenters. The number of ether oxygens (including phenoxy) is 2. The average Bonchev–Trinajstić information content (AvgIpc) is 3.69. The fourth-order valence-corrected chi connectivity index (χ4v) is 7.09. The van der Waals surface area contributed by atoms with Crippen molar-refractivity contribution in [3.05, 3.63) is 153 Å². The highest BCUT2D eigenvalue weighted by Gasteiger charge is 2.55. The van der Waals surface area contributed by atoms with Crippen LogP contribution in [0.25, 0.3) is 0 Å². The number of rotatable bonds is 5. The van der Waals surface area contributed by atoms with Gasteiger partial charge in [0.1, 0.15) is 11.5 Å². The number of hydrogen-bond acceptors (Lipinski definition) is 5. The topological polar surface area (TPSA) is 50.8 Å². The van der Waals surface area contributed by atoms with E-state index in [1.807, 2.05) is 91.0 Å². The number of nitrogens with zero attached hydrogens (tertiary/aromatic N) is 1. The average molecular weight is 620 g/mol. The molecule has 1 atom stereocenters. The van der Waals surface area contributed by atoms with Gasteiger partial charge in [-0.25, -0.2) is 4.79 Å². The molecule has 3 aliphatic heterocycles. The molecule has 0 aromatic heterocycles. The van der Waals surface area contributed by atoms with Gasteiger partial charge in [-0.3, -0.25) is 0 Å². The zero-order valence-electron chi connectivity index (χ0n) is 23.7. The molecule has 5 aromatic carbocycles. The molecule has 0 radical (unpaired) electrons. The van der Waals surface area contributed by atoms with Crippen LogP contribution in [0, 0.1) is 0 Å². The first-order valence-electron chi connectivity index (χ1n) is 14.8. The van der Waals surface area contributed by atoms with Crippen molar-refractivity contribution in [2.45, 2.75) is 24.5 Å². The summed E-state index contributed by atoms with van der Waals surface area (Å²) in [5.41, 5.74) is 5.59. The maximum atomic E-state index is 13.8. The molecule has 7 heteroatoms. The SMILES string of the molecule is O=C1OC2(c3ccccc3Oc3cc(N4CCCC4)ccc32)c2c(NC(c3ccc(Cl)cc3)c3ccc(Cl)cc3)cccc21. The standard InChI is InChI=1S/C37H28Cl2N2O3/c38-25-14-10-23(11-15-25)35(24-12-16-26(39)17-13-24)40-31-8-5-6-28-34(31)37(44-36(28)42)29-7-1-2-9-32(29)43-33-22-27(18-19-30(33)37)41-20-3-4-21-41/h1-2,5-19,22,35,40H,3-4,20-21H2. The van der Waals surface area contributed by atoms with Crippen LogP contribution >= 0.6 is 23.2 Å². The Bertz CT molecular complexity index is 1860. The van der Waals surface area contributed by atoms with Crippen LogP contribution in [0.3, 0.4) is 0 Å². The molecule has 5 aromatic rings. The lowest BCUT2D eigenvalue weighted by Gasteiger charge is -2.38. The van der Waals surface area contributed by atoms with Gasteiger partial charge in [0.15, 0.2) is 5.60 Å². The van der Waals surface area contributed by atoms with Gasteiger partial charge in [0.05, 0.1) is 11.6 Å². The molecule has 1 N–H and O–H groups in total. The number of carbonyl (C=O) groups is 1. The van der Waals surface area contributed by atoms with E-state index in [0.29, 0.717) is 27.1 Å². The first-order chi connectivity index (χ1) is 21.5. The van der Waals surface area contributed by atoms with E-state index in [4.69, 9.17) is 32.7 Å².